The van der Waals surface area contributed by atoms with Gasteiger partial charge >= 0.3 is 0 Å². The van der Waals surface area contributed by atoms with Crippen LogP contribution in [0.5, 0.6) is 5.75 Å². The number of nitrogens with zero attached hydrogens (tertiary/aromatic N) is 2. The zero-order valence-electron chi connectivity index (χ0n) is 13.7. The van der Waals surface area contributed by atoms with Gasteiger partial charge < -0.3 is 9.64 Å². The molecular formula is C20H16N2O2S. The fourth-order valence-corrected chi connectivity index (χ4v) is 3.54. The van der Waals surface area contributed by atoms with Gasteiger partial charge in [-0.25, -0.2) is 0 Å². The number of amides is 1. The molecule has 0 unspecified atom stereocenters. The molecule has 0 aliphatic carbocycles. The van der Waals surface area contributed by atoms with E-state index in [4.69, 9.17) is 4.74 Å². The molecule has 1 aromatic heterocycles. The highest BCUT2D eigenvalue weighted by Crippen LogP contribution is 2.31. The summed E-state index contributed by atoms with van der Waals surface area (Å²) in [5.74, 6) is 1.24. The largest absolute Gasteiger partial charge is 0.497 e. The van der Waals surface area contributed by atoms with Crippen LogP contribution in [-0.2, 0) is 6.54 Å². The maximum atomic E-state index is 12.5. The molecule has 0 spiro atoms. The van der Waals surface area contributed by atoms with Crippen LogP contribution in [0.3, 0.4) is 0 Å². The Labute approximate surface area is 150 Å². The number of thiophene rings is 1. The summed E-state index contributed by atoms with van der Waals surface area (Å²) < 4.78 is 5.33. The summed E-state index contributed by atoms with van der Waals surface area (Å²) in [5, 5.41) is 1.88. The van der Waals surface area contributed by atoms with E-state index in [0.717, 1.165) is 22.6 Å². The predicted octanol–water partition coefficient (Wildman–Crippen LogP) is 4.36. The minimum atomic E-state index is -0.213. The van der Waals surface area contributed by atoms with Crippen molar-refractivity contribution in [1.29, 1.82) is 0 Å². The Kier molecular flexibility index (Phi) is 4.07. The molecular weight excluding hydrogens is 332 g/mol. The number of carbonyl (C=O) groups is 1. The highest BCUT2D eigenvalue weighted by Gasteiger charge is 2.27. The number of benzene rings is 2. The van der Waals surface area contributed by atoms with Crippen molar-refractivity contribution in [3.8, 4) is 5.75 Å². The van der Waals surface area contributed by atoms with E-state index < -0.39 is 0 Å². The molecule has 0 fully saturated rings. The predicted molar refractivity (Wildman–Crippen MR) is 101 cm³/mol. The van der Waals surface area contributed by atoms with Gasteiger partial charge in [0, 0.05) is 17.3 Å². The summed E-state index contributed by atoms with van der Waals surface area (Å²) >= 11 is 1.40. The molecule has 1 aliphatic heterocycles. The second-order valence-corrected chi connectivity index (χ2v) is 6.61. The van der Waals surface area contributed by atoms with Crippen LogP contribution in [0.1, 0.15) is 20.8 Å². The lowest BCUT2D eigenvalue weighted by molar-refractivity contribution is 0.101. The lowest BCUT2D eigenvalue weighted by Crippen LogP contribution is -2.25. The van der Waals surface area contributed by atoms with Gasteiger partial charge in [-0.2, -0.15) is 4.99 Å². The number of hydrogen-bond donors (Lipinski definition) is 0. The number of ether oxygens (including phenoxy) is 1. The normalized spacial score (nSPS) is 14.6. The number of aliphatic imine (C=N–C) groups is 1. The first kappa shape index (κ1) is 15.6. The molecule has 4 nitrogen and oxygen atoms in total. The van der Waals surface area contributed by atoms with E-state index in [1.807, 2.05) is 53.9 Å². The number of methoxy groups -OCH3 is 1. The Bertz CT molecular complexity index is 948. The lowest BCUT2D eigenvalue weighted by atomic mass is 10.1. The van der Waals surface area contributed by atoms with Crippen LogP contribution >= 0.6 is 11.3 Å². The first-order chi connectivity index (χ1) is 12.3. The zero-order valence-corrected chi connectivity index (χ0v) is 14.5. The first-order valence-electron chi connectivity index (χ1n) is 7.92. The summed E-state index contributed by atoms with van der Waals surface area (Å²) in [6.07, 6.45) is 0. The summed E-state index contributed by atoms with van der Waals surface area (Å²) in [7, 11) is 1.65. The SMILES string of the molecule is COc1cccc(N2Cc3ccccc3C2=NC(=O)c2cccs2)c1. The fraction of sp³-hybridized carbons (Fsp3) is 0.100. The number of carbonyl (C=O) groups excluding carboxylic acids is 1. The van der Waals surface area contributed by atoms with Gasteiger partial charge in [-0.1, -0.05) is 36.4 Å². The van der Waals surface area contributed by atoms with Crippen molar-refractivity contribution in [3.05, 3.63) is 82.0 Å². The third kappa shape index (κ3) is 2.94. The van der Waals surface area contributed by atoms with Gasteiger partial charge in [-0.3, -0.25) is 4.79 Å². The van der Waals surface area contributed by atoms with E-state index in [1.165, 1.54) is 11.3 Å². The molecule has 25 heavy (non-hydrogen) atoms. The second-order valence-electron chi connectivity index (χ2n) is 5.66. The molecule has 0 atom stereocenters. The lowest BCUT2D eigenvalue weighted by Gasteiger charge is -2.19. The Hall–Kier alpha value is -2.92. The van der Waals surface area contributed by atoms with E-state index in [-0.39, 0.29) is 5.91 Å². The molecule has 0 bridgehead atoms. The maximum absolute atomic E-state index is 12.5. The van der Waals surface area contributed by atoms with E-state index in [2.05, 4.69) is 16.0 Å². The molecule has 1 amide bonds. The zero-order chi connectivity index (χ0) is 17.2. The van der Waals surface area contributed by atoms with Gasteiger partial charge in [0.05, 0.1) is 18.5 Å². The molecule has 2 heterocycles. The number of fused-ring (bicyclic) bond motifs is 1. The molecule has 0 N–H and O–H groups in total. The fourth-order valence-electron chi connectivity index (χ4n) is 2.93. The van der Waals surface area contributed by atoms with Crippen molar-refractivity contribution in [2.24, 2.45) is 4.99 Å². The minimum Gasteiger partial charge on any atom is -0.497 e. The molecule has 3 aromatic rings. The molecule has 0 saturated heterocycles. The summed E-state index contributed by atoms with van der Waals surface area (Å²) in [6, 6.07) is 19.5. The van der Waals surface area contributed by atoms with Crippen LogP contribution in [-0.4, -0.2) is 18.9 Å². The van der Waals surface area contributed by atoms with E-state index in [1.54, 1.807) is 13.2 Å². The number of anilines is 1. The Balaban J connectivity index is 1.79. The highest BCUT2D eigenvalue weighted by atomic mass is 32.1. The van der Waals surface area contributed by atoms with Crippen LogP contribution < -0.4 is 9.64 Å². The molecule has 0 radical (unpaired) electrons. The highest BCUT2D eigenvalue weighted by molar-refractivity contribution is 7.12. The molecule has 2 aromatic carbocycles. The Morgan fingerprint density at radius 3 is 2.80 bits per heavy atom. The average molecular weight is 348 g/mol. The third-order valence-corrected chi connectivity index (χ3v) is 5.00. The van der Waals surface area contributed by atoms with Gasteiger partial charge in [0.2, 0.25) is 0 Å². The smallest absolute Gasteiger partial charge is 0.289 e. The van der Waals surface area contributed by atoms with Crippen LogP contribution in [0.15, 0.2) is 71.0 Å². The van der Waals surface area contributed by atoms with Gasteiger partial charge in [-0.15, -0.1) is 11.3 Å². The Morgan fingerprint density at radius 2 is 2.00 bits per heavy atom. The van der Waals surface area contributed by atoms with E-state index >= 15 is 0 Å². The van der Waals surface area contributed by atoms with Gasteiger partial charge in [0.25, 0.3) is 5.91 Å². The van der Waals surface area contributed by atoms with Crippen LogP contribution in [0.25, 0.3) is 0 Å². The number of hydrogen-bond acceptors (Lipinski definition) is 3. The monoisotopic (exact) mass is 348 g/mol. The van der Waals surface area contributed by atoms with Crippen molar-refractivity contribution in [2.75, 3.05) is 12.0 Å². The summed E-state index contributed by atoms with van der Waals surface area (Å²) in [4.78, 5) is 19.7. The topological polar surface area (TPSA) is 41.9 Å². The number of rotatable bonds is 3. The quantitative estimate of drug-likeness (QED) is 0.706. The third-order valence-electron chi connectivity index (χ3n) is 4.15. The second kappa shape index (κ2) is 6.53. The van der Waals surface area contributed by atoms with E-state index in [9.17, 15) is 4.79 Å². The van der Waals surface area contributed by atoms with Crippen LogP contribution in [0, 0.1) is 0 Å². The van der Waals surface area contributed by atoms with Crippen molar-refractivity contribution in [1.82, 2.24) is 0 Å². The van der Waals surface area contributed by atoms with Crippen LogP contribution in [0.2, 0.25) is 0 Å². The standard InChI is InChI=1S/C20H16N2O2S/c1-24-16-8-4-7-15(12-16)22-13-14-6-2-3-9-17(14)19(22)21-20(23)18-10-5-11-25-18/h2-12H,13H2,1H3. The molecule has 124 valence electrons. The maximum Gasteiger partial charge on any atom is 0.289 e. The summed E-state index contributed by atoms with van der Waals surface area (Å²) in [5.41, 5.74) is 3.10. The van der Waals surface area contributed by atoms with E-state index in [0.29, 0.717) is 17.3 Å². The average Bonchev–Trinajstić information content (AvgIpc) is 3.30. The number of amidine groups is 1. The molecule has 5 heteroatoms. The summed E-state index contributed by atoms with van der Waals surface area (Å²) in [6.45, 7) is 0.680. The minimum absolute atomic E-state index is 0.213. The molecule has 1 aliphatic rings. The first-order valence-corrected chi connectivity index (χ1v) is 8.80. The van der Waals surface area contributed by atoms with Crippen molar-refractivity contribution in [3.63, 3.8) is 0 Å². The molecule has 4 rings (SSSR count). The Morgan fingerprint density at radius 1 is 1.12 bits per heavy atom. The van der Waals surface area contributed by atoms with Gasteiger partial charge in [0.1, 0.15) is 11.6 Å². The van der Waals surface area contributed by atoms with Crippen LogP contribution in [0.4, 0.5) is 5.69 Å². The van der Waals surface area contributed by atoms with Crippen molar-refractivity contribution >= 4 is 28.8 Å². The molecule has 0 saturated carbocycles. The van der Waals surface area contributed by atoms with Gasteiger partial charge in [0.15, 0.2) is 0 Å². The van der Waals surface area contributed by atoms with Gasteiger partial charge in [-0.05, 0) is 29.1 Å². The van der Waals surface area contributed by atoms with Crippen molar-refractivity contribution in [2.45, 2.75) is 6.54 Å². The van der Waals surface area contributed by atoms with Crippen molar-refractivity contribution < 1.29 is 9.53 Å².